The fraction of sp³-hybridized carbons (Fsp3) is 0.933. The maximum absolute atomic E-state index is 10.6. The minimum Gasteiger partial charge on any atom is -0.481 e. The van der Waals surface area contributed by atoms with Gasteiger partial charge in [-0.25, -0.2) is 0 Å². The van der Waals surface area contributed by atoms with Crippen LogP contribution < -0.4 is 5.32 Å². The number of hydrogen-bond donors (Lipinski definition) is 2. The molecule has 2 N–H and O–H groups in total. The summed E-state index contributed by atoms with van der Waals surface area (Å²) in [6, 6.07) is 0.765. The van der Waals surface area contributed by atoms with Crippen molar-refractivity contribution in [2.75, 3.05) is 6.54 Å². The van der Waals surface area contributed by atoms with Crippen LogP contribution in [0.3, 0.4) is 0 Å². The smallest absolute Gasteiger partial charge is 0.303 e. The molecule has 2 aliphatic rings. The minimum atomic E-state index is -0.658. The van der Waals surface area contributed by atoms with Crippen molar-refractivity contribution in [3.63, 3.8) is 0 Å². The van der Waals surface area contributed by atoms with Gasteiger partial charge in [-0.05, 0) is 56.4 Å². The van der Waals surface area contributed by atoms with E-state index in [1.54, 1.807) is 0 Å². The van der Waals surface area contributed by atoms with Crippen molar-refractivity contribution in [1.29, 1.82) is 0 Å². The van der Waals surface area contributed by atoms with Gasteiger partial charge in [-0.15, -0.1) is 0 Å². The van der Waals surface area contributed by atoms with Crippen molar-refractivity contribution in [1.82, 2.24) is 5.32 Å². The van der Waals surface area contributed by atoms with Gasteiger partial charge in [0.05, 0.1) is 0 Å². The summed E-state index contributed by atoms with van der Waals surface area (Å²) in [6.45, 7) is 3.25. The van der Waals surface area contributed by atoms with Gasteiger partial charge in [0.1, 0.15) is 0 Å². The van der Waals surface area contributed by atoms with Crippen molar-refractivity contribution in [2.24, 2.45) is 17.8 Å². The molecule has 0 radical (unpaired) electrons. The zero-order valence-electron chi connectivity index (χ0n) is 11.5. The van der Waals surface area contributed by atoms with Crippen LogP contribution in [0.2, 0.25) is 0 Å². The molecular formula is C15H27NO2. The van der Waals surface area contributed by atoms with Crippen LogP contribution in [0.15, 0.2) is 0 Å². The molecule has 0 aromatic rings. The molecule has 0 amide bonds. The van der Waals surface area contributed by atoms with E-state index in [9.17, 15) is 4.79 Å². The first-order valence-corrected chi connectivity index (χ1v) is 7.64. The zero-order valence-corrected chi connectivity index (χ0v) is 11.5. The molecule has 2 bridgehead atoms. The number of carbonyl (C=O) groups is 1. The minimum absolute atomic E-state index is 0.326. The lowest BCUT2D eigenvalue weighted by Gasteiger charge is -2.24. The summed E-state index contributed by atoms with van der Waals surface area (Å²) >= 11 is 0. The standard InChI is InChI=1S/C15H27NO2/c1-2-11(4-6-15(17)18)7-8-16-14-10-12-3-5-13(14)9-12/h11-14,16H,2-10H2,1H3,(H,17,18). The molecule has 0 spiro atoms. The Morgan fingerprint density at radius 3 is 2.72 bits per heavy atom. The summed E-state index contributed by atoms with van der Waals surface area (Å²) in [6.07, 6.45) is 9.13. The molecule has 4 unspecified atom stereocenters. The van der Waals surface area contributed by atoms with Crippen LogP contribution in [-0.4, -0.2) is 23.7 Å². The van der Waals surface area contributed by atoms with Crippen LogP contribution in [-0.2, 0) is 4.79 Å². The number of fused-ring (bicyclic) bond motifs is 2. The van der Waals surface area contributed by atoms with E-state index in [2.05, 4.69) is 12.2 Å². The SMILES string of the molecule is CCC(CCNC1CC2CCC1C2)CCC(=O)O. The first kappa shape index (κ1) is 13.9. The number of rotatable bonds is 8. The van der Waals surface area contributed by atoms with Crippen molar-refractivity contribution < 1.29 is 9.90 Å². The van der Waals surface area contributed by atoms with Gasteiger partial charge in [0.25, 0.3) is 0 Å². The lowest BCUT2D eigenvalue weighted by molar-refractivity contribution is -0.137. The molecule has 0 heterocycles. The predicted octanol–water partition coefficient (Wildman–Crippen LogP) is 3.05. The van der Waals surface area contributed by atoms with E-state index < -0.39 is 5.97 Å². The Morgan fingerprint density at radius 2 is 2.17 bits per heavy atom. The van der Waals surface area contributed by atoms with E-state index >= 15 is 0 Å². The van der Waals surface area contributed by atoms with Crippen LogP contribution >= 0.6 is 0 Å². The Balaban J connectivity index is 1.60. The van der Waals surface area contributed by atoms with E-state index in [-0.39, 0.29) is 0 Å². The molecule has 0 aliphatic heterocycles. The molecule has 0 aromatic carbocycles. The molecule has 4 atom stereocenters. The number of carboxylic acids is 1. The van der Waals surface area contributed by atoms with E-state index in [1.165, 1.54) is 25.7 Å². The lowest BCUT2D eigenvalue weighted by Crippen LogP contribution is -2.35. The van der Waals surface area contributed by atoms with E-state index in [1.807, 2.05) is 0 Å². The third kappa shape index (κ3) is 3.71. The van der Waals surface area contributed by atoms with Crippen molar-refractivity contribution in [3.8, 4) is 0 Å². The molecule has 3 heteroatoms. The fourth-order valence-corrected chi connectivity index (χ4v) is 3.85. The van der Waals surface area contributed by atoms with Crippen molar-refractivity contribution in [2.45, 2.75) is 64.3 Å². The zero-order chi connectivity index (χ0) is 13.0. The van der Waals surface area contributed by atoms with Gasteiger partial charge in [0.2, 0.25) is 0 Å². The van der Waals surface area contributed by atoms with Gasteiger partial charge in [-0.3, -0.25) is 4.79 Å². The summed E-state index contributed by atoms with van der Waals surface area (Å²) in [5, 5.41) is 12.4. The van der Waals surface area contributed by atoms with Gasteiger partial charge in [0.15, 0.2) is 0 Å². The second-order valence-corrected chi connectivity index (χ2v) is 6.23. The number of aliphatic carboxylic acids is 1. The summed E-state index contributed by atoms with van der Waals surface area (Å²) in [5.41, 5.74) is 0. The van der Waals surface area contributed by atoms with E-state index in [4.69, 9.17) is 5.11 Å². The van der Waals surface area contributed by atoms with Gasteiger partial charge in [-0.1, -0.05) is 19.8 Å². The summed E-state index contributed by atoms with van der Waals surface area (Å²) < 4.78 is 0. The highest BCUT2D eigenvalue weighted by atomic mass is 16.4. The van der Waals surface area contributed by atoms with Gasteiger partial charge in [0, 0.05) is 12.5 Å². The van der Waals surface area contributed by atoms with Crippen LogP contribution in [0.4, 0.5) is 0 Å². The average Bonchev–Trinajstić information content (AvgIpc) is 2.95. The highest BCUT2D eigenvalue weighted by Gasteiger charge is 2.38. The lowest BCUT2D eigenvalue weighted by atomic mass is 9.94. The van der Waals surface area contributed by atoms with Crippen LogP contribution in [0.25, 0.3) is 0 Å². The summed E-state index contributed by atoms with van der Waals surface area (Å²) in [4.78, 5) is 10.6. The van der Waals surface area contributed by atoms with Crippen molar-refractivity contribution in [3.05, 3.63) is 0 Å². The van der Waals surface area contributed by atoms with Crippen LogP contribution in [0, 0.1) is 17.8 Å². The Labute approximate surface area is 110 Å². The molecule has 18 heavy (non-hydrogen) atoms. The average molecular weight is 253 g/mol. The first-order valence-electron chi connectivity index (χ1n) is 7.64. The summed E-state index contributed by atoms with van der Waals surface area (Å²) in [7, 11) is 0. The van der Waals surface area contributed by atoms with Crippen molar-refractivity contribution >= 4 is 5.97 Å². The Bertz CT molecular complexity index is 280. The molecule has 2 saturated carbocycles. The largest absolute Gasteiger partial charge is 0.481 e. The fourth-order valence-electron chi connectivity index (χ4n) is 3.85. The molecule has 2 aliphatic carbocycles. The Morgan fingerprint density at radius 1 is 1.33 bits per heavy atom. The van der Waals surface area contributed by atoms with Crippen LogP contribution in [0.1, 0.15) is 58.3 Å². The number of carboxylic acid groups (broad SMARTS) is 1. The molecule has 0 saturated heterocycles. The third-order valence-corrected chi connectivity index (χ3v) is 5.04. The Kier molecular flexibility index (Phi) is 5.04. The first-order chi connectivity index (χ1) is 8.69. The highest BCUT2D eigenvalue weighted by molar-refractivity contribution is 5.66. The second-order valence-electron chi connectivity index (χ2n) is 6.23. The maximum Gasteiger partial charge on any atom is 0.303 e. The van der Waals surface area contributed by atoms with Gasteiger partial charge >= 0.3 is 5.97 Å². The number of hydrogen-bond acceptors (Lipinski definition) is 2. The Hall–Kier alpha value is -0.570. The van der Waals surface area contributed by atoms with Gasteiger partial charge < -0.3 is 10.4 Å². The monoisotopic (exact) mass is 253 g/mol. The van der Waals surface area contributed by atoms with E-state index in [0.29, 0.717) is 12.3 Å². The van der Waals surface area contributed by atoms with E-state index in [0.717, 1.165) is 43.7 Å². The highest BCUT2D eigenvalue weighted by Crippen LogP contribution is 2.44. The van der Waals surface area contributed by atoms with Crippen LogP contribution in [0.5, 0.6) is 0 Å². The molecule has 104 valence electrons. The number of nitrogens with one attached hydrogen (secondary N) is 1. The topological polar surface area (TPSA) is 49.3 Å². The third-order valence-electron chi connectivity index (χ3n) is 5.04. The quantitative estimate of drug-likeness (QED) is 0.699. The maximum atomic E-state index is 10.6. The molecular weight excluding hydrogens is 226 g/mol. The second kappa shape index (κ2) is 6.55. The predicted molar refractivity (Wildman–Crippen MR) is 72.5 cm³/mol. The summed E-state index contributed by atoms with van der Waals surface area (Å²) in [5.74, 6) is 1.86. The van der Waals surface area contributed by atoms with Gasteiger partial charge in [-0.2, -0.15) is 0 Å². The molecule has 2 fully saturated rings. The molecule has 0 aromatic heterocycles. The molecule has 2 rings (SSSR count). The normalized spacial score (nSPS) is 31.7. The molecule has 3 nitrogen and oxygen atoms in total.